The van der Waals surface area contributed by atoms with Gasteiger partial charge in [-0.2, -0.15) is 0 Å². The van der Waals surface area contributed by atoms with E-state index in [-0.39, 0.29) is 11.7 Å². The number of rotatable bonds is 3. The molecule has 1 unspecified atom stereocenters. The van der Waals surface area contributed by atoms with Gasteiger partial charge in [0.25, 0.3) is 0 Å². The van der Waals surface area contributed by atoms with Gasteiger partial charge in [0.1, 0.15) is 5.75 Å². The summed E-state index contributed by atoms with van der Waals surface area (Å²) >= 11 is 3.33. The molecule has 0 aliphatic carbocycles. The minimum Gasteiger partial charge on any atom is -0.508 e. The van der Waals surface area contributed by atoms with Gasteiger partial charge in [-0.1, -0.05) is 22.9 Å². The van der Waals surface area contributed by atoms with Gasteiger partial charge in [0, 0.05) is 16.0 Å². The van der Waals surface area contributed by atoms with Crippen molar-refractivity contribution in [2.45, 2.75) is 12.8 Å². The third-order valence-electron chi connectivity index (χ3n) is 1.87. The molecule has 0 aliphatic rings. The molecule has 0 saturated carbocycles. The van der Waals surface area contributed by atoms with Crippen molar-refractivity contribution in [3.8, 4) is 5.75 Å². The fourth-order valence-electron chi connectivity index (χ4n) is 1.15. The zero-order valence-corrected chi connectivity index (χ0v) is 8.91. The van der Waals surface area contributed by atoms with Crippen molar-refractivity contribution < 1.29 is 9.94 Å². The molecule has 13 heavy (non-hydrogen) atoms. The van der Waals surface area contributed by atoms with Crippen LogP contribution in [-0.4, -0.2) is 11.7 Å². The first-order valence-electron chi connectivity index (χ1n) is 3.95. The summed E-state index contributed by atoms with van der Waals surface area (Å²) in [6, 6.07) is 5.29. The third kappa shape index (κ3) is 2.69. The lowest BCUT2D eigenvalue weighted by molar-refractivity contribution is 0.126. The van der Waals surface area contributed by atoms with Gasteiger partial charge in [0.2, 0.25) is 0 Å². The van der Waals surface area contributed by atoms with E-state index in [1.165, 1.54) is 0 Å². The van der Waals surface area contributed by atoms with Crippen molar-refractivity contribution in [1.29, 1.82) is 0 Å². The summed E-state index contributed by atoms with van der Waals surface area (Å²) in [5, 5.41) is 9.51. The smallest absolute Gasteiger partial charge is 0.119 e. The molecule has 0 fully saturated rings. The molecule has 72 valence electrons. The predicted octanol–water partition coefficient (Wildman–Crippen LogP) is 2.15. The molecule has 0 heterocycles. The van der Waals surface area contributed by atoms with Gasteiger partial charge in [0.15, 0.2) is 0 Å². The highest BCUT2D eigenvalue weighted by Gasteiger charge is 2.10. The molecule has 0 saturated heterocycles. The standard InChI is InChI=1S/C9H12BrNO2/c1-6(5-13-11)8-4-7(10)2-3-9(8)12/h2-4,6,12H,5,11H2,1H3. The molecule has 0 amide bonds. The second kappa shape index (κ2) is 4.60. The maximum Gasteiger partial charge on any atom is 0.119 e. The molecule has 1 aromatic carbocycles. The summed E-state index contributed by atoms with van der Waals surface area (Å²) in [6.07, 6.45) is 0. The molecular formula is C9H12BrNO2. The predicted molar refractivity (Wildman–Crippen MR) is 54.4 cm³/mol. The Morgan fingerprint density at radius 3 is 2.92 bits per heavy atom. The van der Waals surface area contributed by atoms with E-state index < -0.39 is 0 Å². The van der Waals surface area contributed by atoms with Crippen LogP contribution in [-0.2, 0) is 4.84 Å². The van der Waals surface area contributed by atoms with Gasteiger partial charge in [-0.05, 0) is 18.2 Å². The van der Waals surface area contributed by atoms with Gasteiger partial charge in [0.05, 0.1) is 6.61 Å². The van der Waals surface area contributed by atoms with Crippen LogP contribution in [0, 0.1) is 0 Å². The first-order chi connectivity index (χ1) is 6.15. The molecule has 3 nitrogen and oxygen atoms in total. The van der Waals surface area contributed by atoms with E-state index in [9.17, 15) is 5.11 Å². The van der Waals surface area contributed by atoms with Crippen LogP contribution < -0.4 is 5.90 Å². The molecule has 1 aromatic rings. The van der Waals surface area contributed by atoms with E-state index in [0.29, 0.717) is 6.61 Å². The molecule has 0 spiro atoms. The van der Waals surface area contributed by atoms with E-state index in [1.54, 1.807) is 12.1 Å². The Balaban J connectivity index is 2.91. The Bertz CT molecular complexity index is 291. The lowest BCUT2D eigenvalue weighted by atomic mass is 10.0. The maximum absolute atomic E-state index is 9.51. The van der Waals surface area contributed by atoms with Gasteiger partial charge in [-0.15, -0.1) is 0 Å². The number of hydrogen-bond acceptors (Lipinski definition) is 3. The maximum atomic E-state index is 9.51. The molecule has 1 atom stereocenters. The number of phenols is 1. The summed E-state index contributed by atoms with van der Waals surface area (Å²) in [4.78, 5) is 4.53. The highest BCUT2D eigenvalue weighted by molar-refractivity contribution is 9.10. The lowest BCUT2D eigenvalue weighted by Gasteiger charge is -2.12. The topological polar surface area (TPSA) is 55.5 Å². The van der Waals surface area contributed by atoms with E-state index in [4.69, 9.17) is 5.90 Å². The molecule has 3 N–H and O–H groups in total. The molecular weight excluding hydrogens is 234 g/mol. The van der Waals surface area contributed by atoms with Crippen LogP contribution in [0.2, 0.25) is 0 Å². The van der Waals surface area contributed by atoms with Gasteiger partial charge in [-0.25, -0.2) is 5.90 Å². The Labute approximate surface area is 85.6 Å². The van der Waals surface area contributed by atoms with Crippen LogP contribution in [0.25, 0.3) is 0 Å². The zero-order valence-electron chi connectivity index (χ0n) is 7.33. The SMILES string of the molecule is CC(CON)c1cc(Br)ccc1O. The van der Waals surface area contributed by atoms with Crippen molar-refractivity contribution >= 4 is 15.9 Å². The van der Waals surface area contributed by atoms with E-state index in [1.807, 2.05) is 13.0 Å². The average molecular weight is 246 g/mol. The van der Waals surface area contributed by atoms with Gasteiger partial charge < -0.3 is 9.94 Å². The Hall–Kier alpha value is -0.580. The Morgan fingerprint density at radius 2 is 2.31 bits per heavy atom. The third-order valence-corrected chi connectivity index (χ3v) is 2.36. The number of benzene rings is 1. The minimum absolute atomic E-state index is 0.0856. The second-order valence-corrected chi connectivity index (χ2v) is 3.85. The van der Waals surface area contributed by atoms with Crippen molar-refractivity contribution in [3.63, 3.8) is 0 Å². The summed E-state index contributed by atoms with van der Waals surface area (Å²) in [7, 11) is 0. The number of halogens is 1. The highest BCUT2D eigenvalue weighted by atomic mass is 79.9. The molecule has 0 radical (unpaired) electrons. The van der Waals surface area contributed by atoms with Crippen LogP contribution in [0.4, 0.5) is 0 Å². The van der Waals surface area contributed by atoms with Crippen molar-refractivity contribution in [1.82, 2.24) is 0 Å². The van der Waals surface area contributed by atoms with Crippen LogP contribution >= 0.6 is 15.9 Å². The van der Waals surface area contributed by atoms with Crippen molar-refractivity contribution in [2.75, 3.05) is 6.61 Å². The van der Waals surface area contributed by atoms with Crippen LogP contribution in [0.15, 0.2) is 22.7 Å². The molecule has 0 bridgehead atoms. The molecule has 4 heteroatoms. The van der Waals surface area contributed by atoms with Crippen molar-refractivity contribution in [3.05, 3.63) is 28.2 Å². The Kier molecular flexibility index (Phi) is 3.71. The fourth-order valence-corrected chi connectivity index (χ4v) is 1.53. The lowest BCUT2D eigenvalue weighted by Crippen LogP contribution is -2.08. The number of nitrogens with two attached hydrogens (primary N) is 1. The molecule has 0 aromatic heterocycles. The minimum atomic E-state index is 0.0856. The number of aromatic hydroxyl groups is 1. The van der Waals surface area contributed by atoms with Crippen LogP contribution in [0.5, 0.6) is 5.75 Å². The monoisotopic (exact) mass is 245 g/mol. The first-order valence-corrected chi connectivity index (χ1v) is 4.74. The van der Waals surface area contributed by atoms with E-state index in [2.05, 4.69) is 20.8 Å². The van der Waals surface area contributed by atoms with Crippen LogP contribution in [0.3, 0.4) is 0 Å². The Morgan fingerprint density at radius 1 is 1.62 bits per heavy atom. The molecule has 1 rings (SSSR count). The number of phenolic OH excluding ortho intramolecular Hbond substituents is 1. The van der Waals surface area contributed by atoms with Gasteiger partial charge in [-0.3, -0.25) is 0 Å². The van der Waals surface area contributed by atoms with E-state index >= 15 is 0 Å². The normalized spacial score (nSPS) is 12.8. The highest BCUT2D eigenvalue weighted by Crippen LogP contribution is 2.28. The van der Waals surface area contributed by atoms with Crippen LogP contribution in [0.1, 0.15) is 18.4 Å². The summed E-state index contributed by atoms with van der Waals surface area (Å²) in [5.74, 6) is 5.32. The van der Waals surface area contributed by atoms with E-state index in [0.717, 1.165) is 10.0 Å². The molecule has 0 aliphatic heterocycles. The largest absolute Gasteiger partial charge is 0.508 e. The second-order valence-electron chi connectivity index (χ2n) is 2.94. The zero-order chi connectivity index (χ0) is 9.84. The average Bonchev–Trinajstić information content (AvgIpc) is 2.09. The fraction of sp³-hybridized carbons (Fsp3) is 0.333. The first kappa shape index (κ1) is 10.5. The van der Waals surface area contributed by atoms with Gasteiger partial charge >= 0.3 is 0 Å². The summed E-state index contributed by atoms with van der Waals surface area (Å²) in [6.45, 7) is 2.33. The van der Waals surface area contributed by atoms with Crippen molar-refractivity contribution in [2.24, 2.45) is 5.90 Å². The quantitative estimate of drug-likeness (QED) is 0.803. The number of hydrogen-bond donors (Lipinski definition) is 2. The summed E-state index contributed by atoms with van der Waals surface area (Å²) in [5.41, 5.74) is 0.833. The summed E-state index contributed by atoms with van der Waals surface area (Å²) < 4.78 is 0.934.